The van der Waals surface area contributed by atoms with E-state index in [1.807, 2.05) is 0 Å². The Balaban J connectivity index is 2.24. The zero-order valence-electron chi connectivity index (χ0n) is 11.5. The molecule has 0 aliphatic carbocycles. The highest BCUT2D eigenvalue weighted by Crippen LogP contribution is 2.24. The van der Waals surface area contributed by atoms with E-state index in [2.05, 4.69) is 56.6 Å². The third-order valence-electron chi connectivity index (χ3n) is 2.94. The molecule has 2 nitrogen and oxygen atoms in total. The number of hydrogen-bond acceptors (Lipinski definition) is 3. The van der Waals surface area contributed by atoms with Crippen LogP contribution in [0.25, 0.3) is 0 Å². The molecule has 0 aromatic rings. The van der Waals surface area contributed by atoms with Crippen LogP contribution in [0.15, 0.2) is 0 Å². The normalized spacial score (nSPS) is 29.6. The molecule has 0 saturated carbocycles. The topological polar surface area (TPSA) is 15.3 Å². The van der Waals surface area contributed by atoms with Crippen molar-refractivity contribution in [1.29, 1.82) is 0 Å². The molecule has 0 bridgehead atoms. The molecule has 1 rings (SSSR count). The quantitative estimate of drug-likeness (QED) is 0.800. The van der Waals surface area contributed by atoms with Crippen molar-refractivity contribution in [3.05, 3.63) is 0 Å². The van der Waals surface area contributed by atoms with Crippen LogP contribution in [0.5, 0.6) is 0 Å². The summed E-state index contributed by atoms with van der Waals surface area (Å²) in [7, 11) is 0. The van der Waals surface area contributed by atoms with E-state index in [4.69, 9.17) is 0 Å². The Morgan fingerprint density at radius 1 is 1.19 bits per heavy atom. The van der Waals surface area contributed by atoms with Crippen molar-refractivity contribution in [1.82, 2.24) is 10.2 Å². The molecule has 0 spiro atoms. The van der Waals surface area contributed by atoms with Crippen LogP contribution in [0.1, 0.15) is 34.6 Å². The van der Waals surface area contributed by atoms with E-state index in [-0.39, 0.29) is 0 Å². The smallest absolute Gasteiger partial charge is 0.0149 e. The van der Waals surface area contributed by atoms with Gasteiger partial charge in [0.05, 0.1) is 0 Å². The summed E-state index contributed by atoms with van der Waals surface area (Å²) in [5.74, 6) is 0.755. The van der Waals surface area contributed by atoms with Gasteiger partial charge in [0, 0.05) is 36.2 Å². The van der Waals surface area contributed by atoms with Gasteiger partial charge in [0.25, 0.3) is 0 Å². The van der Waals surface area contributed by atoms with Gasteiger partial charge in [-0.2, -0.15) is 11.8 Å². The van der Waals surface area contributed by atoms with Gasteiger partial charge in [-0.3, -0.25) is 0 Å². The lowest BCUT2D eigenvalue weighted by molar-refractivity contribution is 0.230. The third kappa shape index (κ3) is 5.55. The lowest BCUT2D eigenvalue weighted by atomic mass is 10.1. The maximum atomic E-state index is 3.53. The van der Waals surface area contributed by atoms with Gasteiger partial charge in [-0.05, 0) is 12.5 Å². The Kier molecular flexibility index (Phi) is 6.16. The Morgan fingerprint density at radius 2 is 1.75 bits per heavy atom. The highest BCUT2D eigenvalue weighted by molar-refractivity contribution is 8.00. The summed E-state index contributed by atoms with van der Waals surface area (Å²) in [4.78, 5) is 2.64. The summed E-state index contributed by atoms with van der Waals surface area (Å²) in [5, 5.41) is 5.13. The van der Waals surface area contributed by atoms with Crippen molar-refractivity contribution in [2.24, 2.45) is 5.92 Å². The predicted molar refractivity (Wildman–Crippen MR) is 75.3 cm³/mol. The lowest BCUT2D eigenvalue weighted by Gasteiger charge is -2.36. The number of hydrogen-bond donors (Lipinski definition) is 1. The van der Waals surface area contributed by atoms with Gasteiger partial charge in [-0.15, -0.1) is 0 Å². The molecule has 1 aliphatic heterocycles. The average Bonchev–Trinajstić information content (AvgIpc) is 2.12. The van der Waals surface area contributed by atoms with Crippen LogP contribution in [0, 0.1) is 5.92 Å². The second kappa shape index (κ2) is 6.87. The molecular weight excluding hydrogens is 216 g/mol. The van der Waals surface area contributed by atoms with Crippen LogP contribution in [0.4, 0.5) is 0 Å². The van der Waals surface area contributed by atoms with Gasteiger partial charge in [0.15, 0.2) is 0 Å². The van der Waals surface area contributed by atoms with Crippen molar-refractivity contribution in [2.45, 2.75) is 51.2 Å². The van der Waals surface area contributed by atoms with Crippen molar-refractivity contribution in [3.8, 4) is 0 Å². The van der Waals surface area contributed by atoms with E-state index in [9.17, 15) is 0 Å². The number of nitrogens with zero attached hydrogens (tertiary/aromatic N) is 1. The Morgan fingerprint density at radius 3 is 2.25 bits per heavy atom. The summed E-state index contributed by atoms with van der Waals surface area (Å²) >= 11 is 2.13. The van der Waals surface area contributed by atoms with E-state index >= 15 is 0 Å². The molecule has 96 valence electrons. The van der Waals surface area contributed by atoms with Crippen molar-refractivity contribution < 1.29 is 0 Å². The monoisotopic (exact) mass is 244 g/mol. The van der Waals surface area contributed by atoms with Gasteiger partial charge in [0.2, 0.25) is 0 Å². The van der Waals surface area contributed by atoms with Gasteiger partial charge >= 0.3 is 0 Å². The lowest BCUT2D eigenvalue weighted by Crippen LogP contribution is -2.44. The summed E-state index contributed by atoms with van der Waals surface area (Å²) in [5.41, 5.74) is 0. The average molecular weight is 244 g/mol. The van der Waals surface area contributed by atoms with Crippen LogP contribution in [-0.4, -0.2) is 47.6 Å². The Hall–Kier alpha value is 0.270. The van der Waals surface area contributed by atoms with E-state index in [0.717, 1.165) is 23.0 Å². The van der Waals surface area contributed by atoms with E-state index in [1.165, 1.54) is 19.6 Å². The summed E-state index contributed by atoms with van der Waals surface area (Å²) in [6, 6.07) is 0.609. The van der Waals surface area contributed by atoms with Crippen LogP contribution >= 0.6 is 11.8 Å². The first-order valence-electron chi connectivity index (χ1n) is 6.58. The molecule has 3 atom stereocenters. The van der Waals surface area contributed by atoms with Gasteiger partial charge in [-0.1, -0.05) is 34.6 Å². The maximum absolute atomic E-state index is 3.53. The fourth-order valence-corrected chi connectivity index (χ4v) is 3.76. The van der Waals surface area contributed by atoms with Crippen LogP contribution < -0.4 is 5.32 Å². The molecule has 1 saturated heterocycles. The summed E-state index contributed by atoms with van der Waals surface area (Å²) < 4.78 is 0. The molecule has 1 aliphatic rings. The highest BCUT2D eigenvalue weighted by atomic mass is 32.2. The molecule has 0 radical (unpaired) electrons. The third-order valence-corrected chi connectivity index (χ3v) is 4.17. The second-order valence-corrected chi connectivity index (χ2v) is 7.53. The van der Waals surface area contributed by atoms with Crippen molar-refractivity contribution in [3.63, 3.8) is 0 Å². The van der Waals surface area contributed by atoms with E-state index in [0.29, 0.717) is 6.04 Å². The summed E-state index contributed by atoms with van der Waals surface area (Å²) in [6.07, 6.45) is 0. The highest BCUT2D eigenvalue weighted by Gasteiger charge is 2.23. The fourth-order valence-electron chi connectivity index (χ4n) is 2.38. The van der Waals surface area contributed by atoms with Crippen LogP contribution in [0.2, 0.25) is 0 Å². The Labute approximate surface area is 106 Å². The predicted octanol–water partition coefficient (Wildman–Crippen LogP) is 2.45. The SMILES string of the molecule is CC(CNC(C)C)CN1CC(C)SC(C)C1. The molecule has 0 aromatic carbocycles. The molecule has 1 heterocycles. The maximum Gasteiger partial charge on any atom is 0.0149 e. The molecule has 1 N–H and O–H groups in total. The largest absolute Gasteiger partial charge is 0.314 e. The molecular formula is C13H28N2S. The standard InChI is InChI=1S/C13H28N2S/c1-10(2)14-6-11(3)7-15-8-12(4)16-13(5)9-15/h10-14H,6-9H2,1-5H3. The molecule has 0 amide bonds. The minimum Gasteiger partial charge on any atom is -0.314 e. The van der Waals surface area contributed by atoms with Crippen LogP contribution in [-0.2, 0) is 0 Å². The van der Waals surface area contributed by atoms with E-state index in [1.54, 1.807) is 0 Å². The first kappa shape index (κ1) is 14.3. The van der Waals surface area contributed by atoms with Gasteiger partial charge < -0.3 is 10.2 Å². The number of thioether (sulfide) groups is 1. The molecule has 3 heteroatoms. The number of rotatable bonds is 5. The minimum atomic E-state index is 0.609. The first-order chi connectivity index (χ1) is 7.47. The minimum absolute atomic E-state index is 0.609. The zero-order chi connectivity index (χ0) is 12.1. The fraction of sp³-hybridized carbons (Fsp3) is 1.00. The first-order valence-corrected chi connectivity index (χ1v) is 7.52. The molecule has 16 heavy (non-hydrogen) atoms. The van der Waals surface area contributed by atoms with Crippen molar-refractivity contribution >= 4 is 11.8 Å². The van der Waals surface area contributed by atoms with Gasteiger partial charge in [-0.25, -0.2) is 0 Å². The molecule has 3 unspecified atom stereocenters. The zero-order valence-corrected chi connectivity index (χ0v) is 12.3. The number of nitrogens with one attached hydrogen (secondary N) is 1. The van der Waals surface area contributed by atoms with Crippen molar-refractivity contribution in [2.75, 3.05) is 26.2 Å². The summed E-state index contributed by atoms with van der Waals surface area (Å²) in [6.45, 7) is 16.4. The molecule has 0 aromatic heterocycles. The second-order valence-electron chi connectivity index (χ2n) is 5.64. The molecule has 1 fully saturated rings. The van der Waals surface area contributed by atoms with E-state index < -0.39 is 0 Å². The Bertz CT molecular complexity index is 186. The van der Waals surface area contributed by atoms with Crippen LogP contribution in [0.3, 0.4) is 0 Å². The van der Waals surface area contributed by atoms with Gasteiger partial charge in [0.1, 0.15) is 0 Å².